The van der Waals surface area contributed by atoms with Gasteiger partial charge in [-0.25, -0.2) is 9.78 Å². The second-order valence-electron chi connectivity index (χ2n) is 13.9. The van der Waals surface area contributed by atoms with Crippen LogP contribution >= 0.6 is 11.8 Å². The molecule has 0 spiro atoms. The summed E-state index contributed by atoms with van der Waals surface area (Å²) in [6.45, 7) is 1.02. The van der Waals surface area contributed by atoms with Crippen LogP contribution in [0.3, 0.4) is 0 Å². The van der Waals surface area contributed by atoms with Gasteiger partial charge in [0.25, 0.3) is 0 Å². The lowest BCUT2D eigenvalue weighted by molar-refractivity contribution is -0.145. The lowest BCUT2D eigenvalue weighted by Crippen LogP contribution is -2.60. The van der Waals surface area contributed by atoms with Crippen LogP contribution in [0.2, 0.25) is 0 Å². The van der Waals surface area contributed by atoms with Crippen molar-refractivity contribution in [3.05, 3.63) is 48.0 Å². The fourth-order valence-corrected chi connectivity index (χ4v) is 6.85. The van der Waals surface area contributed by atoms with Crippen LogP contribution in [-0.2, 0) is 41.6 Å². The number of unbranched alkanes of at least 4 members (excludes halogenated alkanes) is 2. The number of imidazole rings is 1. The van der Waals surface area contributed by atoms with E-state index < -0.39 is 71.8 Å². The third-order valence-electron chi connectivity index (χ3n) is 9.55. The first-order valence-corrected chi connectivity index (χ1v) is 20.4. The molecule has 5 amide bonds. The molecule has 2 heterocycles. The molecule has 0 aliphatic carbocycles. The summed E-state index contributed by atoms with van der Waals surface area (Å²) in [5.74, 6) is -3.75. The first-order valence-electron chi connectivity index (χ1n) is 19.0. The average Bonchev–Trinajstić information content (AvgIpc) is 3.89. The van der Waals surface area contributed by atoms with E-state index in [0.29, 0.717) is 75.0 Å². The molecule has 1 aliphatic heterocycles. The molecule has 56 heavy (non-hydrogen) atoms. The molecule has 13 N–H and O–H groups in total. The van der Waals surface area contributed by atoms with Crippen molar-refractivity contribution in [1.82, 2.24) is 36.1 Å². The molecule has 0 bridgehead atoms. The topological polar surface area (TPSA) is 301 Å². The van der Waals surface area contributed by atoms with E-state index in [1.807, 2.05) is 6.26 Å². The van der Waals surface area contributed by atoms with E-state index in [9.17, 15) is 39.0 Å². The van der Waals surface area contributed by atoms with Gasteiger partial charge in [0.15, 0.2) is 0 Å². The van der Waals surface area contributed by atoms with Gasteiger partial charge in [-0.05, 0) is 94.2 Å². The van der Waals surface area contributed by atoms with E-state index in [0.717, 1.165) is 0 Å². The van der Waals surface area contributed by atoms with Gasteiger partial charge in [-0.15, -0.1) is 0 Å². The predicted molar refractivity (Wildman–Crippen MR) is 211 cm³/mol. The Balaban J connectivity index is 1.88. The summed E-state index contributed by atoms with van der Waals surface area (Å²) in [6, 6.07) is -0.446. The molecule has 310 valence electrons. The number of likely N-dealkylation sites (tertiary alicyclic amines) is 1. The van der Waals surface area contributed by atoms with E-state index in [1.165, 1.54) is 41.3 Å². The number of phenolic OH excluding ortho intramolecular Hbond substituents is 1. The zero-order chi connectivity index (χ0) is 41.0. The summed E-state index contributed by atoms with van der Waals surface area (Å²) in [5, 5.41) is 30.4. The van der Waals surface area contributed by atoms with Gasteiger partial charge in [-0.2, -0.15) is 11.8 Å². The van der Waals surface area contributed by atoms with Crippen molar-refractivity contribution in [2.75, 3.05) is 31.6 Å². The number of hydrogen-bond acceptors (Lipinski definition) is 12. The molecule has 0 unspecified atom stereocenters. The fraction of sp³-hybridized carbons (Fsp3) is 0.595. The number of amides is 5. The molecular formula is C37H58N10O8S. The number of nitrogens with zero attached hydrogens (tertiary/aromatic N) is 2. The number of nitrogens with one attached hydrogen (secondary N) is 5. The van der Waals surface area contributed by atoms with E-state index in [1.54, 1.807) is 12.1 Å². The quantitative estimate of drug-likeness (QED) is 0.0554. The van der Waals surface area contributed by atoms with Crippen LogP contribution in [0.1, 0.15) is 69.0 Å². The maximum atomic E-state index is 14.3. The van der Waals surface area contributed by atoms with Crippen LogP contribution < -0.4 is 38.5 Å². The Morgan fingerprint density at radius 1 is 0.857 bits per heavy atom. The second-order valence-corrected chi connectivity index (χ2v) is 14.9. The zero-order valence-corrected chi connectivity index (χ0v) is 32.7. The number of aromatic amines is 1. The lowest BCUT2D eigenvalue weighted by atomic mass is 10.0. The van der Waals surface area contributed by atoms with Gasteiger partial charge in [0.1, 0.15) is 36.0 Å². The number of carbonyl (C=O) groups is 6. The number of aromatic hydroxyl groups is 1. The maximum absolute atomic E-state index is 14.3. The number of aliphatic carboxylic acids is 1. The lowest BCUT2D eigenvalue weighted by Gasteiger charge is -2.31. The first kappa shape index (κ1) is 45.7. The van der Waals surface area contributed by atoms with Gasteiger partial charge in [0.05, 0.1) is 12.4 Å². The molecule has 0 radical (unpaired) electrons. The summed E-state index contributed by atoms with van der Waals surface area (Å²) in [5.41, 5.74) is 18.5. The van der Waals surface area contributed by atoms with Crippen molar-refractivity contribution >= 4 is 47.3 Å². The van der Waals surface area contributed by atoms with Crippen LogP contribution in [0.15, 0.2) is 36.8 Å². The van der Waals surface area contributed by atoms with Gasteiger partial charge in [-0.1, -0.05) is 18.6 Å². The van der Waals surface area contributed by atoms with E-state index in [-0.39, 0.29) is 38.0 Å². The average molecular weight is 803 g/mol. The molecule has 1 aromatic heterocycles. The molecule has 1 fully saturated rings. The number of carbonyl (C=O) groups excluding carboxylic acids is 5. The van der Waals surface area contributed by atoms with Crippen molar-refractivity contribution in [3.8, 4) is 5.75 Å². The summed E-state index contributed by atoms with van der Waals surface area (Å²) >= 11 is 1.44. The van der Waals surface area contributed by atoms with Crippen molar-refractivity contribution in [1.29, 1.82) is 0 Å². The van der Waals surface area contributed by atoms with Crippen molar-refractivity contribution in [2.45, 2.75) is 107 Å². The SMILES string of the molecule is CSCC[C@H](NC(=O)[C@@H]1CCCN1C(=O)[C@H](Cc1ccc(O)cc1)NC(=O)[C@H](Cc1cnc[nH]1)NC(=O)[C@H](CCCCN)NC(=O)[C@@H](N)CCCCN)C(=O)O. The summed E-state index contributed by atoms with van der Waals surface area (Å²) in [7, 11) is 0. The third-order valence-corrected chi connectivity index (χ3v) is 10.2. The second kappa shape index (κ2) is 24.0. The van der Waals surface area contributed by atoms with Crippen LogP contribution in [0.4, 0.5) is 0 Å². The van der Waals surface area contributed by atoms with E-state index >= 15 is 0 Å². The molecule has 0 saturated carbocycles. The number of rotatable bonds is 25. The van der Waals surface area contributed by atoms with Gasteiger partial charge in [0.2, 0.25) is 29.5 Å². The number of aromatic nitrogens is 2. The Hall–Kier alpha value is -4.72. The Kier molecular flexibility index (Phi) is 19.6. The number of nitrogens with two attached hydrogens (primary N) is 3. The summed E-state index contributed by atoms with van der Waals surface area (Å²) in [4.78, 5) is 89.1. The van der Waals surface area contributed by atoms with Gasteiger partial charge < -0.3 is 58.6 Å². The minimum atomic E-state index is -1.25. The molecule has 18 nitrogen and oxygen atoms in total. The Morgan fingerprint density at radius 2 is 1.50 bits per heavy atom. The van der Waals surface area contributed by atoms with Gasteiger partial charge in [0, 0.05) is 31.3 Å². The van der Waals surface area contributed by atoms with Crippen LogP contribution in [0.5, 0.6) is 5.75 Å². The Bertz CT molecular complexity index is 1560. The number of benzene rings is 1. The number of thioether (sulfide) groups is 1. The van der Waals surface area contributed by atoms with Crippen molar-refractivity contribution in [3.63, 3.8) is 0 Å². The minimum absolute atomic E-state index is 0.00152. The monoisotopic (exact) mass is 802 g/mol. The standard InChI is InChI=1S/C37H58N10O8S/c1-56-18-14-28(37(54)55)44-35(52)31-9-6-17-47(31)36(53)30(19-23-10-12-25(48)13-11-23)46-34(51)29(20-24-21-41-22-42-24)45-33(50)27(8-3-5-16-39)43-32(49)26(40)7-2-4-15-38/h10-13,21-22,26-31,48H,2-9,14-20,38-40H2,1H3,(H,41,42)(H,43,49)(H,44,52)(H,45,50)(H,46,51)(H,54,55)/t26-,27-,28-,29-,30-,31-/m0/s1. The normalized spacial score (nSPS) is 16.6. The molecule has 6 atom stereocenters. The number of hydrogen-bond donors (Lipinski definition) is 10. The fourth-order valence-electron chi connectivity index (χ4n) is 6.38. The molecule has 2 aromatic rings. The minimum Gasteiger partial charge on any atom is -0.508 e. The highest BCUT2D eigenvalue weighted by Crippen LogP contribution is 2.21. The zero-order valence-electron chi connectivity index (χ0n) is 31.9. The maximum Gasteiger partial charge on any atom is 0.326 e. The molecule has 1 aliphatic rings. The highest BCUT2D eigenvalue weighted by atomic mass is 32.2. The molecule has 3 rings (SSSR count). The first-order chi connectivity index (χ1) is 26.9. The Morgan fingerprint density at radius 3 is 2.12 bits per heavy atom. The van der Waals surface area contributed by atoms with E-state index in [2.05, 4.69) is 31.2 Å². The van der Waals surface area contributed by atoms with Gasteiger partial charge >= 0.3 is 5.97 Å². The van der Waals surface area contributed by atoms with Crippen LogP contribution in [-0.4, -0.2) is 128 Å². The van der Waals surface area contributed by atoms with Crippen LogP contribution in [0.25, 0.3) is 0 Å². The third kappa shape index (κ3) is 14.7. The summed E-state index contributed by atoms with van der Waals surface area (Å²) < 4.78 is 0. The number of carboxylic acid groups (broad SMARTS) is 1. The smallest absolute Gasteiger partial charge is 0.326 e. The number of H-pyrrole nitrogens is 1. The molecule has 19 heteroatoms. The number of phenols is 1. The molecular weight excluding hydrogens is 745 g/mol. The largest absolute Gasteiger partial charge is 0.508 e. The predicted octanol–water partition coefficient (Wildman–Crippen LogP) is -0.746. The molecule has 1 saturated heterocycles. The van der Waals surface area contributed by atoms with Crippen LogP contribution in [0, 0.1) is 0 Å². The van der Waals surface area contributed by atoms with Crippen molar-refractivity contribution < 1.29 is 39.0 Å². The number of carboxylic acids is 1. The van der Waals surface area contributed by atoms with Gasteiger partial charge in [-0.3, -0.25) is 24.0 Å². The molecule has 1 aromatic carbocycles. The highest BCUT2D eigenvalue weighted by Gasteiger charge is 2.40. The summed E-state index contributed by atoms with van der Waals surface area (Å²) in [6.07, 6.45) is 8.63. The van der Waals surface area contributed by atoms with Crippen molar-refractivity contribution in [2.24, 2.45) is 17.2 Å². The Labute approximate surface area is 331 Å². The highest BCUT2D eigenvalue weighted by molar-refractivity contribution is 7.98. The van der Waals surface area contributed by atoms with E-state index in [4.69, 9.17) is 17.2 Å².